The van der Waals surface area contributed by atoms with Crippen molar-refractivity contribution >= 4 is 18.3 Å². The van der Waals surface area contributed by atoms with E-state index in [1.807, 2.05) is 55.4 Å². The van der Waals surface area contributed by atoms with Crippen molar-refractivity contribution in [2.24, 2.45) is 0 Å². The Hall–Kier alpha value is -2.24. The van der Waals surface area contributed by atoms with Gasteiger partial charge in [0, 0.05) is 12.1 Å². The van der Waals surface area contributed by atoms with E-state index in [1.54, 1.807) is 7.11 Å². The van der Waals surface area contributed by atoms with Gasteiger partial charge in [-0.25, -0.2) is 0 Å². The highest BCUT2D eigenvalue weighted by Gasteiger charge is 2.31. The topological polar surface area (TPSA) is 42.0 Å². The fraction of sp³-hybridized carbons (Fsp3) is 0.381. The number of hydrogen-bond donors (Lipinski definition) is 0. The first kappa shape index (κ1) is 21.1. The molecule has 0 spiro atoms. The number of ether oxygens (including phenoxy) is 2. The molecule has 1 atom stereocenters. The summed E-state index contributed by atoms with van der Waals surface area (Å²) in [6, 6.07) is 13.5. The minimum absolute atomic E-state index is 0. The van der Waals surface area contributed by atoms with Crippen molar-refractivity contribution in [2.75, 3.05) is 34.4 Å². The van der Waals surface area contributed by atoms with Gasteiger partial charge < -0.3 is 19.3 Å². The van der Waals surface area contributed by atoms with E-state index in [4.69, 9.17) is 9.47 Å². The standard InChI is InChI=1S/C21H26N2O3.ClH/c1-15-9-10-19-16(11-15)12-23(17(14-26-19)13-22(2)3)21(24)18-7-5-6-8-20(18)25-4;/h5-11,17H,12-14H2,1-4H3;1H. The van der Waals surface area contributed by atoms with Crippen LogP contribution in [0, 0.1) is 6.92 Å². The summed E-state index contributed by atoms with van der Waals surface area (Å²) < 4.78 is 11.4. The molecule has 146 valence electrons. The number of para-hydroxylation sites is 1. The summed E-state index contributed by atoms with van der Waals surface area (Å²) in [6.45, 7) is 3.77. The first-order valence-corrected chi connectivity index (χ1v) is 8.80. The van der Waals surface area contributed by atoms with E-state index in [0.717, 1.165) is 23.4 Å². The third-order valence-electron chi connectivity index (χ3n) is 4.60. The first-order valence-electron chi connectivity index (χ1n) is 8.80. The fourth-order valence-electron chi connectivity index (χ4n) is 3.35. The van der Waals surface area contributed by atoms with Crippen LogP contribution in [-0.2, 0) is 6.54 Å². The van der Waals surface area contributed by atoms with Crippen molar-refractivity contribution in [3.05, 3.63) is 59.2 Å². The van der Waals surface area contributed by atoms with E-state index in [0.29, 0.717) is 24.5 Å². The van der Waals surface area contributed by atoms with Gasteiger partial charge in [0.2, 0.25) is 0 Å². The largest absolute Gasteiger partial charge is 0.496 e. The Morgan fingerprint density at radius 2 is 2.00 bits per heavy atom. The van der Waals surface area contributed by atoms with Gasteiger partial charge >= 0.3 is 0 Å². The number of aryl methyl sites for hydroxylation is 1. The third kappa shape index (κ3) is 4.73. The van der Waals surface area contributed by atoms with Crippen molar-refractivity contribution in [3.8, 4) is 11.5 Å². The summed E-state index contributed by atoms with van der Waals surface area (Å²) in [4.78, 5) is 17.4. The van der Waals surface area contributed by atoms with E-state index in [9.17, 15) is 4.79 Å². The van der Waals surface area contributed by atoms with E-state index >= 15 is 0 Å². The number of benzene rings is 2. The summed E-state index contributed by atoms with van der Waals surface area (Å²) in [5, 5.41) is 0. The number of amides is 1. The Morgan fingerprint density at radius 3 is 2.70 bits per heavy atom. The molecule has 1 aliphatic rings. The predicted molar refractivity (Wildman–Crippen MR) is 109 cm³/mol. The van der Waals surface area contributed by atoms with Gasteiger partial charge in [0.25, 0.3) is 5.91 Å². The third-order valence-corrected chi connectivity index (χ3v) is 4.60. The average molecular weight is 391 g/mol. The van der Waals surface area contributed by atoms with Crippen LogP contribution in [0.1, 0.15) is 21.5 Å². The highest BCUT2D eigenvalue weighted by molar-refractivity contribution is 5.97. The molecule has 0 bridgehead atoms. The highest BCUT2D eigenvalue weighted by atomic mass is 35.5. The molecule has 1 amide bonds. The number of methoxy groups -OCH3 is 1. The zero-order chi connectivity index (χ0) is 18.7. The normalized spacial score (nSPS) is 16.0. The number of carbonyl (C=O) groups excluding carboxylic acids is 1. The van der Waals surface area contributed by atoms with Crippen LogP contribution in [0.5, 0.6) is 11.5 Å². The highest BCUT2D eigenvalue weighted by Crippen LogP contribution is 2.29. The average Bonchev–Trinajstić information content (AvgIpc) is 2.80. The molecule has 0 aliphatic carbocycles. The van der Waals surface area contributed by atoms with Gasteiger partial charge in [-0.3, -0.25) is 4.79 Å². The molecule has 6 heteroatoms. The monoisotopic (exact) mass is 390 g/mol. The van der Waals surface area contributed by atoms with Gasteiger partial charge in [0.15, 0.2) is 0 Å². The van der Waals surface area contributed by atoms with Crippen molar-refractivity contribution in [2.45, 2.75) is 19.5 Å². The molecule has 0 saturated heterocycles. The summed E-state index contributed by atoms with van der Waals surface area (Å²) in [7, 11) is 5.61. The van der Waals surface area contributed by atoms with Crippen molar-refractivity contribution in [1.82, 2.24) is 9.80 Å². The summed E-state index contributed by atoms with van der Waals surface area (Å²) in [5.41, 5.74) is 2.77. The SMILES string of the molecule is COc1ccccc1C(=O)N1Cc2cc(C)ccc2OCC1CN(C)C.Cl. The molecule has 0 radical (unpaired) electrons. The van der Waals surface area contributed by atoms with Crippen LogP contribution < -0.4 is 9.47 Å². The Balaban J connectivity index is 0.00000261. The van der Waals surface area contributed by atoms with Gasteiger partial charge in [-0.15, -0.1) is 12.4 Å². The number of halogens is 1. The second kappa shape index (κ2) is 9.11. The molecule has 1 aliphatic heterocycles. The molecule has 1 heterocycles. The van der Waals surface area contributed by atoms with E-state index in [1.165, 1.54) is 0 Å². The molecular weight excluding hydrogens is 364 g/mol. The van der Waals surface area contributed by atoms with Crippen LogP contribution in [0.4, 0.5) is 0 Å². The molecule has 27 heavy (non-hydrogen) atoms. The Bertz CT molecular complexity index is 795. The fourth-order valence-corrected chi connectivity index (χ4v) is 3.35. The van der Waals surface area contributed by atoms with Crippen LogP contribution >= 0.6 is 12.4 Å². The Labute approximate surface area is 167 Å². The number of nitrogens with zero attached hydrogens (tertiary/aromatic N) is 2. The van der Waals surface area contributed by atoms with Gasteiger partial charge in [-0.2, -0.15) is 0 Å². The molecule has 0 N–H and O–H groups in total. The first-order chi connectivity index (χ1) is 12.5. The van der Waals surface area contributed by atoms with E-state index in [2.05, 4.69) is 17.9 Å². The predicted octanol–water partition coefficient (Wildman–Crippen LogP) is 3.39. The van der Waals surface area contributed by atoms with Crippen LogP contribution in [0.3, 0.4) is 0 Å². The van der Waals surface area contributed by atoms with E-state index < -0.39 is 0 Å². The molecule has 1 unspecified atom stereocenters. The van der Waals surface area contributed by atoms with Crippen LogP contribution in [-0.4, -0.2) is 56.1 Å². The second-order valence-electron chi connectivity index (χ2n) is 6.97. The van der Waals surface area contributed by atoms with Crippen LogP contribution in [0.25, 0.3) is 0 Å². The van der Waals surface area contributed by atoms with Crippen molar-refractivity contribution in [3.63, 3.8) is 0 Å². The Kier molecular flexibility index (Phi) is 7.11. The minimum Gasteiger partial charge on any atom is -0.496 e. The number of likely N-dealkylation sites (N-methyl/N-ethyl adjacent to an activating group) is 1. The second-order valence-corrected chi connectivity index (χ2v) is 6.97. The lowest BCUT2D eigenvalue weighted by Crippen LogP contribution is -2.47. The maximum absolute atomic E-state index is 13.4. The zero-order valence-electron chi connectivity index (χ0n) is 16.3. The van der Waals surface area contributed by atoms with Gasteiger partial charge in [0.05, 0.1) is 25.3 Å². The van der Waals surface area contributed by atoms with Crippen LogP contribution in [0.15, 0.2) is 42.5 Å². The lowest BCUT2D eigenvalue weighted by atomic mass is 10.1. The smallest absolute Gasteiger partial charge is 0.258 e. The summed E-state index contributed by atoms with van der Waals surface area (Å²) >= 11 is 0. The van der Waals surface area contributed by atoms with Gasteiger partial charge in [-0.05, 0) is 39.2 Å². The van der Waals surface area contributed by atoms with Crippen LogP contribution in [0.2, 0.25) is 0 Å². The van der Waals surface area contributed by atoms with E-state index in [-0.39, 0.29) is 24.4 Å². The molecule has 2 aromatic carbocycles. The molecule has 5 nitrogen and oxygen atoms in total. The lowest BCUT2D eigenvalue weighted by molar-refractivity contribution is 0.0580. The Morgan fingerprint density at radius 1 is 1.26 bits per heavy atom. The molecule has 0 aromatic heterocycles. The minimum atomic E-state index is -0.0462. The number of rotatable bonds is 4. The molecule has 0 saturated carbocycles. The summed E-state index contributed by atoms with van der Waals surface area (Å²) in [6.07, 6.45) is 0. The van der Waals surface area contributed by atoms with Gasteiger partial charge in [0.1, 0.15) is 18.1 Å². The molecule has 3 rings (SSSR count). The van der Waals surface area contributed by atoms with Crippen molar-refractivity contribution in [1.29, 1.82) is 0 Å². The number of fused-ring (bicyclic) bond motifs is 1. The summed E-state index contributed by atoms with van der Waals surface area (Å²) in [5.74, 6) is 1.41. The molecular formula is C21H27ClN2O3. The lowest BCUT2D eigenvalue weighted by Gasteiger charge is -2.31. The van der Waals surface area contributed by atoms with Gasteiger partial charge in [-0.1, -0.05) is 29.8 Å². The number of hydrogen-bond acceptors (Lipinski definition) is 4. The maximum Gasteiger partial charge on any atom is 0.258 e. The quantitative estimate of drug-likeness (QED) is 0.802. The molecule has 0 fully saturated rings. The number of carbonyl (C=O) groups is 1. The zero-order valence-corrected chi connectivity index (χ0v) is 17.1. The maximum atomic E-state index is 13.4. The molecule has 2 aromatic rings. The van der Waals surface area contributed by atoms with Crippen molar-refractivity contribution < 1.29 is 14.3 Å².